The molecule has 1 unspecified atom stereocenters. The maximum absolute atomic E-state index is 12.8. The molecule has 0 aliphatic rings. The van der Waals surface area contributed by atoms with E-state index in [1.54, 1.807) is 24.3 Å². The van der Waals surface area contributed by atoms with Gasteiger partial charge >= 0.3 is 0 Å². The van der Waals surface area contributed by atoms with Crippen molar-refractivity contribution < 1.29 is 13.2 Å². The summed E-state index contributed by atoms with van der Waals surface area (Å²) >= 11 is 0. The zero-order valence-corrected chi connectivity index (χ0v) is 16.3. The fourth-order valence-corrected chi connectivity index (χ4v) is 3.83. The number of hydroxylamine groups is 1. The summed E-state index contributed by atoms with van der Waals surface area (Å²) in [5.41, 5.74) is 2.46. The maximum Gasteiger partial charge on any atom is 0.240 e. The van der Waals surface area contributed by atoms with Crippen molar-refractivity contribution in [1.29, 1.82) is 0 Å². The average Bonchev–Trinajstić information content (AvgIpc) is 2.70. The van der Waals surface area contributed by atoms with E-state index in [9.17, 15) is 13.6 Å². The number of rotatable bonds is 7. The van der Waals surface area contributed by atoms with E-state index in [2.05, 4.69) is 4.72 Å². The first-order valence-electron chi connectivity index (χ1n) is 8.92. The molecule has 0 fully saturated rings. The molecular formula is C22H22N2O3S. The van der Waals surface area contributed by atoms with Crippen LogP contribution >= 0.6 is 0 Å². The number of aryl methyl sites for hydroxylation is 1. The Hall–Kier alpha value is -2.96. The van der Waals surface area contributed by atoms with E-state index in [0.717, 1.165) is 21.4 Å². The van der Waals surface area contributed by atoms with Gasteiger partial charge in [-0.3, -0.25) is 0 Å². The highest BCUT2D eigenvalue weighted by atomic mass is 32.2. The van der Waals surface area contributed by atoms with Crippen molar-refractivity contribution in [2.45, 2.75) is 17.9 Å². The Bertz CT molecular complexity index is 1030. The summed E-state index contributed by atoms with van der Waals surface area (Å²) in [6.07, 6.45) is 1.47. The van der Waals surface area contributed by atoms with E-state index in [-0.39, 0.29) is 11.4 Å². The Labute approximate surface area is 165 Å². The third-order valence-corrected chi connectivity index (χ3v) is 5.80. The number of nitrogens with one attached hydrogen (secondary N) is 1. The van der Waals surface area contributed by atoms with Gasteiger partial charge in [0.15, 0.2) is 6.21 Å². The molecule has 0 bridgehead atoms. The van der Waals surface area contributed by atoms with Crippen molar-refractivity contribution in [2.75, 3.05) is 6.54 Å². The first-order valence-corrected chi connectivity index (χ1v) is 10.4. The molecule has 1 atom stereocenters. The van der Waals surface area contributed by atoms with Gasteiger partial charge in [-0.2, -0.15) is 0 Å². The fraction of sp³-hybridized carbons (Fsp3) is 0.136. The van der Waals surface area contributed by atoms with Crippen LogP contribution in [0.5, 0.6) is 0 Å². The van der Waals surface area contributed by atoms with Crippen LogP contribution < -0.4 is 4.72 Å². The van der Waals surface area contributed by atoms with Gasteiger partial charge in [0.25, 0.3) is 0 Å². The summed E-state index contributed by atoms with van der Waals surface area (Å²) < 4.78 is 28.6. The summed E-state index contributed by atoms with van der Waals surface area (Å²) in [5, 5.41) is 12.8. The molecule has 5 nitrogen and oxygen atoms in total. The van der Waals surface area contributed by atoms with Crippen LogP contribution in [-0.2, 0) is 10.0 Å². The predicted octanol–water partition coefficient (Wildman–Crippen LogP) is 3.64. The molecule has 0 radical (unpaired) electrons. The molecule has 3 rings (SSSR count). The molecule has 3 aromatic carbocycles. The van der Waals surface area contributed by atoms with Crippen molar-refractivity contribution in [3.05, 3.63) is 107 Å². The molecule has 0 saturated heterocycles. The van der Waals surface area contributed by atoms with Crippen molar-refractivity contribution >= 4 is 16.2 Å². The molecule has 1 N–H and O–H groups in total. The van der Waals surface area contributed by atoms with Crippen LogP contribution in [0.1, 0.15) is 22.7 Å². The molecule has 144 valence electrons. The Morgan fingerprint density at radius 3 is 2.11 bits per heavy atom. The average molecular weight is 394 g/mol. The highest BCUT2D eigenvalue weighted by molar-refractivity contribution is 7.89. The zero-order chi connectivity index (χ0) is 20.0. The van der Waals surface area contributed by atoms with Crippen molar-refractivity contribution in [2.24, 2.45) is 0 Å². The minimum Gasteiger partial charge on any atom is -0.623 e. The summed E-state index contributed by atoms with van der Waals surface area (Å²) in [6.45, 7) is 1.84. The largest absolute Gasteiger partial charge is 0.623 e. The molecule has 0 aliphatic carbocycles. The van der Waals surface area contributed by atoms with Gasteiger partial charge in [-0.05, 0) is 31.2 Å². The quantitative estimate of drug-likeness (QED) is 0.288. The number of hydrogen-bond donors (Lipinski definition) is 1. The van der Waals surface area contributed by atoms with Gasteiger partial charge in [0.2, 0.25) is 16.1 Å². The highest BCUT2D eigenvalue weighted by Gasteiger charge is 2.23. The second kappa shape index (κ2) is 8.82. The SMILES string of the molecule is Cc1ccc(S(=O)(=O)NCC(c2ccccc2)/[N+]([O-])=C/c2ccccc2)cc1. The molecule has 0 aliphatic heterocycles. The molecule has 0 spiro atoms. The molecule has 28 heavy (non-hydrogen) atoms. The van der Waals surface area contributed by atoms with Crippen molar-refractivity contribution in [3.8, 4) is 0 Å². The maximum atomic E-state index is 12.8. The van der Waals surface area contributed by atoms with Gasteiger partial charge in [0.05, 0.1) is 11.4 Å². The first kappa shape index (κ1) is 19.8. The minimum atomic E-state index is -3.72. The Morgan fingerprint density at radius 1 is 0.929 bits per heavy atom. The van der Waals surface area contributed by atoms with Gasteiger partial charge in [0.1, 0.15) is 0 Å². The summed E-state index contributed by atoms with van der Waals surface area (Å²) in [5.74, 6) is 0. The predicted molar refractivity (Wildman–Crippen MR) is 111 cm³/mol. The van der Waals surface area contributed by atoms with Crippen LogP contribution in [0.15, 0.2) is 89.8 Å². The van der Waals surface area contributed by atoms with Gasteiger partial charge in [-0.25, -0.2) is 17.9 Å². The molecular weight excluding hydrogens is 372 g/mol. The molecule has 0 heterocycles. The summed E-state index contributed by atoms with van der Waals surface area (Å²) in [4.78, 5) is 0.175. The minimum absolute atomic E-state index is 0.0486. The van der Waals surface area contributed by atoms with Crippen LogP contribution in [0, 0.1) is 12.1 Å². The van der Waals surface area contributed by atoms with E-state index in [1.165, 1.54) is 6.21 Å². The standard InChI is InChI=1S/C22H22N2O3S/c1-18-12-14-21(15-13-18)28(26,27)23-16-22(20-10-6-3-7-11-20)24(25)17-19-8-4-2-5-9-19/h2-15,17,22-23H,16H2,1H3/b24-17-. The van der Waals surface area contributed by atoms with Gasteiger partial charge < -0.3 is 5.21 Å². The van der Waals surface area contributed by atoms with Crippen LogP contribution in [-0.4, -0.2) is 25.9 Å². The lowest BCUT2D eigenvalue weighted by atomic mass is 10.1. The number of nitrogens with zero attached hydrogens (tertiary/aromatic N) is 1. The lowest BCUT2D eigenvalue weighted by Gasteiger charge is -2.18. The molecule has 0 amide bonds. The van der Waals surface area contributed by atoms with Crippen molar-refractivity contribution in [3.63, 3.8) is 0 Å². The molecule has 0 saturated carbocycles. The highest BCUT2D eigenvalue weighted by Crippen LogP contribution is 2.18. The van der Waals surface area contributed by atoms with E-state index >= 15 is 0 Å². The summed E-state index contributed by atoms with van der Waals surface area (Å²) in [6, 6.07) is 24.2. The van der Waals surface area contributed by atoms with Gasteiger partial charge in [0, 0.05) is 11.1 Å². The third-order valence-electron chi connectivity index (χ3n) is 4.37. The van der Waals surface area contributed by atoms with Gasteiger partial charge in [-0.15, -0.1) is 0 Å². The second-order valence-corrected chi connectivity index (χ2v) is 8.26. The second-order valence-electron chi connectivity index (χ2n) is 6.49. The fourth-order valence-electron chi connectivity index (χ4n) is 2.80. The van der Waals surface area contributed by atoms with E-state index < -0.39 is 16.1 Å². The monoisotopic (exact) mass is 394 g/mol. The zero-order valence-electron chi connectivity index (χ0n) is 15.5. The lowest BCUT2D eigenvalue weighted by Crippen LogP contribution is -2.32. The third kappa shape index (κ3) is 5.06. The van der Waals surface area contributed by atoms with Crippen molar-refractivity contribution in [1.82, 2.24) is 4.72 Å². The molecule has 6 heteroatoms. The number of hydrogen-bond acceptors (Lipinski definition) is 3. The Morgan fingerprint density at radius 2 is 1.50 bits per heavy atom. The van der Waals surface area contributed by atoms with E-state index in [1.807, 2.05) is 67.6 Å². The Balaban J connectivity index is 1.86. The lowest BCUT2D eigenvalue weighted by molar-refractivity contribution is -0.500. The summed E-state index contributed by atoms with van der Waals surface area (Å²) in [7, 11) is -3.72. The van der Waals surface area contributed by atoms with Crippen LogP contribution in [0.3, 0.4) is 0 Å². The molecule has 3 aromatic rings. The van der Waals surface area contributed by atoms with Gasteiger partial charge in [-0.1, -0.05) is 66.2 Å². The Kier molecular flexibility index (Phi) is 6.23. The van der Waals surface area contributed by atoms with E-state index in [0.29, 0.717) is 0 Å². The molecule has 0 aromatic heterocycles. The smallest absolute Gasteiger partial charge is 0.240 e. The number of sulfonamides is 1. The van der Waals surface area contributed by atoms with Crippen LogP contribution in [0.25, 0.3) is 0 Å². The first-order chi connectivity index (χ1) is 13.5. The van der Waals surface area contributed by atoms with Crippen LogP contribution in [0.2, 0.25) is 0 Å². The topological polar surface area (TPSA) is 72.2 Å². The van der Waals surface area contributed by atoms with Crippen LogP contribution in [0.4, 0.5) is 0 Å². The number of benzene rings is 3. The van der Waals surface area contributed by atoms with E-state index in [4.69, 9.17) is 0 Å². The normalized spacial score (nSPS) is 13.2.